The molecule has 1 saturated carbocycles. The Bertz CT molecular complexity index is 899. The fraction of sp³-hybridized carbons (Fsp3) is 0.444. The SMILES string of the molecule is O=C(NCc1noc([C@@H]2CCC(=O)N2CC2CC2)n1)Nc1ccc(F)c(F)c1. The topological polar surface area (TPSA) is 100 Å². The summed E-state index contributed by atoms with van der Waals surface area (Å²) in [7, 11) is 0. The van der Waals surface area contributed by atoms with Crippen molar-refractivity contribution in [1.29, 1.82) is 0 Å². The van der Waals surface area contributed by atoms with Crippen LogP contribution >= 0.6 is 0 Å². The van der Waals surface area contributed by atoms with Gasteiger partial charge in [-0.2, -0.15) is 4.98 Å². The highest BCUT2D eigenvalue weighted by atomic mass is 19.2. The standard InChI is InChI=1S/C18H19F2N5O3/c19-12-4-3-11(7-13(12)20)22-18(27)21-8-15-23-17(28-24-15)14-5-6-16(26)25(14)9-10-1-2-10/h3-4,7,10,14H,1-2,5-6,8-9H2,(H2,21,22,27)/t14-/m0/s1. The Kier molecular flexibility index (Phi) is 4.93. The van der Waals surface area contributed by atoms with Crippen LogP contribution in [-0.4, -0.2) is 33.5 Å². The second kappa shape index (κ2) is 7.53. The van der Waals surface area contributed by atoms with Gasteiger partial charge in [0.1, 0.15) is 6.04 Å². The van der Waals surface area contributed by atoms with Crippen LogP contribution in [0, 0.1) is 17.6 Å². The van der Waals surface area contributed by atoms with Crippen molar-refractivity contribution < 1.29 is 22.9 Å². The normalized spacial score (nSPS) is 19.1. The average molecular weight is 391 g/mol. The summed E-state index contributed by atoms with van der Waals surface area (Å²) >= 11 is 0. The van der Waals surface area contributed by atoms with Crippen molar-refractivity contribution in [3.05, 3.63) is 41.5 Å². The van der Waals surface area contributed by atoms with Crippen molar-refractivity contribution in [2.75, 3.05) is 11.9 Å². The predicted octanol–water partition coefficient (Wildman–Crippen LogP) is 2.74. The van der Waals surface area contributed by atoms with E-state index < -0.39 is 17.7 Å². The average Bonchev–Trinajstić information content (AvgIpc) is 3.24. The molecule has 1 aliphatic carbocycles. The maximum atomic E-state index is 13.2. The smallest absolute Gasteiger partial charge is 0.319 e. The van der Waals surface area contributed by atoms with Crippen LogP contribution in [0.1, 0.15) is 43.4 Å². The molecule has 1 aromatic heterocycles. The quantitative estimate of drug-likeness (QED) is 0.789. The van der Waals surface area contributed by atoms with Crippen LogP contribution < -0.4 is 10.6 Å². The largest absolute Gasteiger partial charge is 0.337 e. The molecule has 3 amide bonds. The maximum Gasteiger partial charge on any atom is 0.319 e. The number of carbonyl (C=O) groups excluding carboxylic acids is 2. The van der Waals surface area contributed by atoms with E-state index in [1.807, 2.05) is 0 Å². The van der Waals surface area contributed by atoms with Crippen molar-refractivity contribution in [3.63, 3.8) is 0 Å². The number of anilines is 1. The lowest BCUT2D eigenvalue weighted by atomic mass is 10.2. The van der Waals surface area contributed by atoms with E-state index in [9.17, 15) is 18.4 Å². The molecule has 1 saturated heterocycles. The molecule has 28 heavy (non-hydrogen) atoms. The van der Waals surface area contributed by atoms with Gasteiger partial charge in [0.05, 0.1) is 6.54 Å². The minimum atomic E-state index is -1.05. The van der Waals surface area contributed by atoms with Gasteiger partial charge in [-0.05, 0) is 37.3 Å². The number of hydrogen-bond acceptors (Lipinski definition) is 5. The summed E-state index contributed by atoms with van der Waals surface area (Å²) in [6.45, 7) is 0.707. The molecule has 2 fully saturated rings. The molecule has 2 N–H and O–H groups in total. The van der Waals surface area contributed by atoms with Crippen LogP contribution in [-0.2, 0) is 11.3 Å². The molecule has 4 rings (SSSR count). The van der Waals surface area contributed by atoms with Crippen molar-refractivity contribution in [3.8, 4) is 0 Å². The Labute approximate surface area is 159 Å². The molecule has 0 spiro atoms. The Hall–Kier alpha value is -3.04. The molecule has 2 aliphatic rings. The number of nitrogens with zero attached hydrogens (tertiary/aromatic N) is 3. The molecular weight excluding hydrogens is 372 g/mol. The predicted molar refractivity (Wildman–Crippen MR) is 92.9 cm³/mol. The van der Waals surface area contributed by atoms with E-state index in [-0.39, 0.29) is 30.0 Å². The zero-order valence-electron chi connectivity index (χ0n) is 15.0. The van der Waals surface area contributed by atoms with Crippen LogP contribution in [0.2, 0.25) is 0 Å². The van der Waals surface area contributed by atoms with Gasteiger partial charge >= 0.3 is 6.03 Å². The van der Waals surface area contributed by atoms with E-state index in [0.717, 1.165) is 31.5 Å². The van der Waals surface area contributed by atoms with Crippen LogP contribution in [0.25, 0.3) is 0 Å². The van der Waals surface area contributed by atoms with Crippen molar-refractivity contribution in [2.24, 2.45) is 5.92 Å². The molecule has 1 aromatic carbocycles. The molecule has 0 bridgehead atoms. The summed E-state index contributed by atoms with van der Waals surface area (Å²) < 4.78 is 31.4. The highest BCUT2D eigenvalue weighted by Gasteiger charge is 2.38. The first kappa shape index (κ1) is 18.3. The minimum Gasteiger partial charge on any atom is -0.337 e. The van der Waals surface area contributed by atoms with Crippen molar-refractivity contribution in [1.82, 2.24) is 20.4 Å². The van der Waals surface area contributed by atoms with Gasteiger partial charge in [0.15, 0.2) is 17.5 Å². The summed E-state index contributed by atoms with van der Waals surface area (Å²) in [5, 5.41) is 8.75. The molecule has 2 heterocycles. The molecular formula is C18H19F2N5O3. The second-order valence-corrected chi connectivity index (χ2v) is 7.03. The van der Waals surface area contributed by atoms with Gasteiger partial charge in [0, 0.05) is 24.7 Å². The molecule has 1 atom stereocenters. The fourth-order valence-electron chi connectivity index (χ4n) is 3.18. The molecule has 0 radical (unpaired) electrons. The number of nitrogens with one attached hydrogen (secondary N) is 2. The number of benzene rings is 1. The van der Waals surface area contributed by atoms with Crippen molar-refractivity contribution in [2.45, 2.75) is 38.3 Å². The summed E-state index contributed by atoms with van der Waals surface area (Å²) in [5.74, 6) is -0.756. The van der Waals surface area contributed by atoms with Crippen LogP contribution in [0.3, 0.4) is 0 Å². The van der Waals surface area contributed by atoms with E-state index in [0.29, 0.717) is 24.7 Å². The Morgan fingerprint density at radius 1 is 1.25 bits per heavy atom. The first-order valence-corrected chi connectivity index (χ1v) is 9.11. The number of carbonyl (C=O) groups is 2. The number of hydrogen-bond donors (Lipinski definition) is 2. The monoisotopic (exact) mass is 391 g/mol. The van der Waals surface area contributed by atoms with Crippen LogP contribution in [0.5, 0.6) is 0 Å². The number of halogens is 2. The summed E-state index contributed by atoms with van der Waals surface area (Å²) in [6.07, 6.45) is 3.38. The molecule has 8 nitrogen and oxygen atoms in total. The number of amides is 3. The number of likely N-dealkylation sites (tertiary alicyclic amines) is 1. The lowest BCUT2D eigenvalue weighted by molar-refractivity contribution is -0.129. The summed E-state index contributed by atoms with van der Waals surface area (Å²) in [6, 6.07) is 2.21. The first-order chi connectivity index (χ1) is 13.5. The lowest BCUT2D eigenvalue weighted by Crippen LogP contribution is -2.30. The summed E-state index contributed by atoms with van der Waals surface area (Å²) in [5.41, 5.74) is 0.116. The zero-order chi connectivity index (χ0) is 19.7. The molecule has 2 aromatic rings. The van der Waals surface area contributed by atoms with E-state index in [2.05, 4.69) is 20.8 Å². The number of aromatic nitrogens is 2. The van der Waals surface area contributed by atoms with E-state index in [4.69, 9.17) is 4.52 Å². The van der Waals surface area contributed by atoms with Crippen LogP contribution in [0.15, 0.2) is 22.7 Å². The number of rotatable bonds is 6. The molecule has 10 heteroatoms. The van der Waals surface area contributed by atoms with Gasteiger partial charge < -0.3 is 20.1 Å². The highest BCUT2D eigenvalue weighted by Crippen LogP contribution is 2.37. The number of urea groups is 1. The highest BCUT2D eigenvalue weighted by molar-refractivity contribution is 5.89. The maximum absolute atomic E-state index is 13.2. The van der Waals surface area contributed by atoms with Gasteiger partial charge in [0.2, 0.25) is 11.8 Å². The third kappa shape index (κ3) is 4.10. The van der Waals surface area contributed by atoms with Gasteiger partial charge in [-0.25, -0.2) is 13.6 Å². The molecule has 148 valence electrons. The van der Waals surface area contributed by atoms with Gasteiger partial charge in [-0.1, -0.05) is 5.16 Å². The van der Waals surface area contributed by atoms with Gasteiger partial charge in [-0.15, -0.1) is 0 Å². The zero-order valence-corrected chi connectivity index (χ0v) is 15.0. The Balaban J connectivity index is 1.32. The Morgan fingerprint density at radius 3 is 2.82 bits per heavy atom. The van der Waals surface area contributed by atoms with E-state index in [1.54, 1.807) is 4.90 Å². The molecule has 1 aliphatic heterocycles. The fourth-order valence-corrected chi connectivity index (χ4v) is 3.18. The van der Waals surface area contributed by atoms with Gasteiger partial charge in [0.25, 0.3) is 0 Å². The van der Waals surface area contributed by atoms with E-state index in [1.165, 1.54) is 6.07 Å². The van der Waals surface area contributed by atoms with Crippen molar-refractivity contribution >= 4 is 17.6 Å². The van der Waals surface area contributed by atoms with E-state index >= 15 is 0 Å². The molecule has 0 unspecified atom stereocenters. The second-order valence-electron chi connectivity index (χ2n) is 7.03. The lowest BCUT2D eigenvalue weighted by Gasteiger charge is -2.21. The van der Waals surface area contributed by atoms with Crippen LogP contribution in [0.4, 0.5) is 19.3 Å². The minimum absolute atomic E-state index is 0.0116. The Morgan fingerprint density at radius 2 is 2.07 bits per heavy atom. The van der Waals surface area contributed by atoms with Gasteiger partial charge in [-0.3, -0.25) is 4.79 Å². The third-order valence-electron chi connectivity index (χ3n) is 4.83. The third-order valence-corrected chi connectivity index (χ3v) is 4.83. The summed E-state index contributed by atoms with van der Waals surface area (Å²) in [4.78, 5) is 30.1. The first-order valence-electron chi connectivity index (χ1n) is 9.11.